The Kier molecular flexibility index (Phi) is 3.74. The molecule has 1 saturated carbocycles. The molecule has 1 fully saturated rings. The molecule has 0 aromatic rings. The van der Waals surface area contributed by atoms with Gasteiger partial charge in [0, 0.05) is 12.8 Å². The average Bonchev–Trinajstić information content (AvgIpc) is 2.01. The van der Waals surface area contributed by atoms with Crippen LogP contribution in [0, 0.1) is 17.3 Å². The van der Waals surface area contributed by atoms with Crippen LogP contribution in [0.2, 0.25) is 0 Å². The largest absolute Gasteiger partial charge is 0.300 e. The van der Waals surface area contributed by atoms with Crippen molar-refractivity contribution in [2.24, 2.45) is 17.3 Å². The van der Waals surface area contributed by atoms with Crippen LogP contribution in [-0.2, 0) is 4.79 Å². The van der Waals surface area contributed by atoms with Crippen LogP contribution >= 0.6 is 0 Å². The average molecular weight is 196 g/mol. The molecule has 0 heterocycles. The van der Waals surface area contributed by atoms with Crippen molar-refractivity contribution in [1.82, 2.24) is 0 Å². The summed E-state index contributed by atoms with van der Waals surface area (Å²) in [6, 6.07) is 0. The highest BCUT2D eigenvalue weighted by Gasteiger charge is 2.30. The lowest BCUT2D eigenvalue weighted by atomic mass is 9.70. The minimum absolute atomic E-state index is 0.371. The topological polar surface area (TPSA) is 17.1 Å². The predicted molar refractivity (Wildman–Crippen MR) is 60.2 cm³/mol. The molecule has 2 atom stereocenters. The molecule has 0 N–H and O–H groups in total. The van der Waals surface area contributed by atoms with Crippen LogP contribution in [0.1, 0.15) is 59.8 Å². The van der Waals surface area contributed by atoms with Crippen LogP contribution in [0.15, 0.2) is 0 Å². The van der Waals surface area contributed by atoms with Crippen LogP contribution in [0.5, 0.6) is 0 Å². The maximum Gasteiger partial charge on any atom is 0.133 e. The van der Waals surface area contributed by atoms with Crippen LogP contribution in [0.25, 0.3) is 0 Å². The van der Waals surface area contributed by atoms with Crippen molar-refractivity contribution in [3.8, 4) is 0 Å². The molecule has 0 aromatic carbocycles. The Hall–Kier alpha value is -0.330. The lowest BCUT2D eigenvalue weighted by Gasteiger charge is -2.34. The fourth-order valence-corrected chi connectivity index (χ4v) is 2.71. The fourth-order valence-electron chi connectivity index (χ4n) is 2.71. The van der Waals surface area contributed by atoms with Gasteiger partial charge in [-0.3, -0.25) is 4.79 Å². The maximum absolute atomic E-state index is 11.4. The first-order chi connectivity index (χ1) is 6.42. The number of hydrogen-bond acceptors (Lipinski definition) is 1. The van der Waals surface area contributed by atoms with E-state index in [0.29, 0.717) is 17.1 Å². The first-order valence-electron chi connectivity index (χ1n) is 5.94. The second-order valence-electron chi connectivity index (χ2n) is 5.97. The minimum atomic E-state index is 0.371. The van der Waals surface area contributed by atoms with Gasteiger partial charge in [0.25, 0.3) is 0 Å². The highest BCUT2D eigenvalue weighted by molar-refractivity contribution is 5.79. The summed E-state index contributed by atoms with van der Waals surface area (Å²) in [6.45, 7) is 9.09. The first kappa shape index (κ1) is 11.7. The first-order valence-corrected chi connectivity index (χ1v) is 5.94. The summed E-state index contributed by atoms with van der Waals surface area (Å²) < 4.78 is 0. The highest BCUT2D eigenvalue weighted by atomic mass is 16.1. The van der Waals surface area contributed by atoms with Crippen molar-refractivity contribution in [3.63, 3.8) is 0 Å². The van der Waals surface area contributed by atoms with E-state index in [9.17, 15) is 4.79 Å². The van der Waals surface area contributed by atoms with Crippen molar-refractivity contribution in [2.45, 2.75) is 59.8 Å². The van der Waals surface area contributed by atoms with Crippen molar-refractivity contribution in [3.05, 3.63) is 0 Å². The van der Waals surface area contributed by atoms with Gasteiger partial charge >= 0.3 is 0 Å². The predicted octanol–water partition coefficient (Wildman–Crippen LogP) is 3.82. The van der Waals surface area contributed by atoms with Gasteiger partial charge < -0.3 is 0 Å². The van der Waals surface area contributed by atoms with E-state index in [1.54, 1.807) is 0 Å². The van der Waals surface area contributed by atoms with Gasteiger partial charge in [-0.2, -0.15) is 0 Å². The minimum Gasteiger partial charge on any atom is -0.300 e. The Balaban J connectivity index is 2.57. The molecule has 0 aromatic heterocycles. The second-order valence-corrected chi connectivity index (χ2v) is 5.97. The third kappa shape index (κ3) is 3.43. The van der Waals surface area contributed by atoms with Gasteiger partial charge in [-0.15, -0.1) is 0 Å². The van der Waals surface area contributed by atoms with Crippen molar-refractivity contribution in [1.29, 1.82) is 0 Å². The summed E-state index contributed by atoms with van der Waals surface area (Å²) >= 11 is 0. The molecular weight excluding hydrogens is 172 g/mol. The monoisotopic (exact) mass is 196 g/mol. The lowest BCUT2D eigenvalue weighted by Crippen LogP contribution is -2.28. The van der Waals surface area contributed by atoms with Crippen LogP contribution in [0.3, 0.4) is 0 Å². The van der Waals surface area contributed by atoms with Gasteiger partial charge in [0.1, 0.15) is 5.78 Å². The molecule has 1 nitrogen and oxygen atoms in total. The molecule has 1 rings (SSSR count). The van der Waals surface area contributed by atoms with E-state index >= 15 is 0 Å². The lowest BCUT2D eigenvalue weighted by molar-refractivity contribution is -0.123. The smallest absolute Gasteiger partial charge is 0.133 e. The normalized spacial score (nSPS) is 29.3. The van der Waals surface area contributed by atoms with Gasteiger partial charge in [-0.25, -0.2) is 0 Å². The molecule has 0 aliphatic heterocycles. The molecule has 0 spiro atoms. The molecule has 0 radical (unpaired) electrons. The Morgan fingerprint density at radius 2 is 1.93 bits per heavy atom. The van der Waals surface area contributed by atoms with Crippen molar-refractivity contribution in [2.75, 3.05) is 0 Å². The van der Waals surface area contributed by atoms with E-state index in [1.165, 1.54) is 12.8 Å². The summed E-state index contributed by atoms with van der Waals surface area (Å²) in [5.74, 6) is 1.94. The van der Waals surface area contributed by atoms with E-state index in [0.717, 1.165) is 25.2 Å². The summed E-state index contributed by atoms with van der Waals surface area (Å²) in [5, 5.41) is 0. The summed E-state index contributed by atoms with van der Waals surface area (Å²) in [4.78, 5) is 11.4. The third-order valence-corrected chi connectivity index (χ3v) is 3.35. The zero-order valence-electron chi connectivity index (χ0n) is 10.1. The van der Waals surface area contributed by atoms with Gasteiger partial charge in [0.15, 0.2) is 0 Å². The quantitative estimate of drug-likeness (QED) is 0.656. The standard InChI is InChI=1S/C13H24O/c1-5-10-6-7-12(14)8-11(10)9-13(2,3)4/h10-11H,5-9H2,1-4H3. The second kappa shape index (κ2) is 4.46. The van der Waals surface area contributed by atoms with Crippen LogP contribution in [-0.4, -0.2) is 5.78 Å². The summed E-state index contributed by atoms with van der Waals surface area (Å²) in [6.07, 6.45) is 5.26. The SMILES string of the molecule is CCC1CCC(=O)CC1CC(C)(C)C. The number of carbonyl (C=O) groups excluding carboxylic acids is 1. The Morgan fingerprint density at radius 1 is 1.29 bits per heavy atom. The molecule has 2 unspecified atom stereocenters. The van der Waals surface area contributed by atoms with Crippen LogP contribution < -0.4 is 0 Å². The Labute approximate surface area is 88.3 Å². The van der Waals surface area contributed by atoms with E-state index in [4.69, 9.17) is 0 Å². The number of rotatable bonds is 2. The molecule has 1 heteroatoms. The van der Waals surface area contributed by atoms with E-state index in [1.807, 2.05) is 0 Å². The number of ketones is 1. The molecule has 1 aliphatic carbocycles. The van der Waals surface area contributed by atoms with E-state index in [2.05, 4.69) is 27.7 Å². The zero-order chi connectivity index (χ0) is 10.8. The number of hydrogen-bond donors (Lipinski definition) is 0. The Bertz CT molecular complexity index is 200. The highest BCUT2D eigenvalue weighted by Crippen LogP contribution is 2.38. The van der Waals surface area contributed by atoms with E-state index < -0.39 is 0 Å². The molecule has 0 saturated heterocycles. The fraction of sp³-hybridized carbons (Fsp3) is 0.923. The summed E-state index contributed by atoms with van der Waals surface area (Å²) in [5.41, 5.74) is 0.371. The molecular formula is C13H24O. The third-order valence-electron chi connectivity index (χ3n) is 3.35. The zero-order valence-corrected chi connectivity index (χ0v) is 10.1. The molecule has 0 bridgehead atoms. The molecule has 0 amide bonds. The van der Waals surface area contributed by atoms with Gasteiger partial charge in [-0.05, 0) is 30.1 Å². The number of Topliss-reactive ketones (excluding diaryl/α,β-unsaturated/α-hetero) is 1. The molecule has 82 valence electrons. The Morgan fingerprint density at radius 3 is 2.43 bits per heavy atom. The summed E-state index contributed by atoms with van der Waals surface area (Å²) in [7, 11) is 0. The molecule has 1 aliphatic rings. The van der Waals surface area contributed by atoms with Crippen molar-refractivity contribution >= 4 is 5.78 Å². The maximum atomic E-state index is 11.4. The van der Waals surface area contributed by atoms with Gasteiger partial charge in [0.2, 0.25) is 0 Å². The van der Waals surface area contributed by atoms with E-state index in [-0.39, 0.29) is 0 Å². The van der Waals surface area contributed by atoms with Gasteiger partial charge in [0.05, 0.1) is 0 Å². The molecule has 14 heavy (non-hydrogen) atoms. The van der Waals surface area contributed by atoms with Gasteiger partial charge in [-0.1, -0.05) is 34.1 Å². The van der Waals surface area contributed by atoms with Crippen molar-refractivity contribution < 1.29 is 4.79 Å². The number of carbonyl (C=O) groups is 1. The van der Waals surface area contributed by atoms with Crippen LogP contribution in [0.4, 0.5) is 0 Å².